The summed E-state index contributed by atoms with van der Waals surface area (Å²) in [6, 6.07) is 5.43. The van der Waals surface area contributed by atoms with Crippen LogP contribution in [-0.4, -0.2) is 58.3 Å². The lowest BCUT2D eigenvalue weighted by atomic mass is 10.1. The fourth-order valence-electron chi connectivity index (χ4n) is 4.24. The van der Waals surface area contributed by atoms with Gasteiger partial charge in [0.2, 0.25) is 5.95 Å². The molecule has 0 saturated carbocycles. The van der Waals surface area contributed by atoms with E-state index in [2.05, 4.69) is 22.2 Å². The second-order valence-corrected chi connectivity index (χ2v) is 8.06. The molecule has 1 aromatic carbocycles. The first kappa shape index (κ1) is 21.0. The molecule has 0 bridgehead atoms. The minimum absolute atomic E-state index is 0.251. The highest BCUT2D eigenvalue weighted by Gasteiger charge is 2.26. The van der Waals surface area contributed by atoms with Crippen LogP contribution < -0.4 is 10.2 Å². The average Bonchev–Trinajstić information content (AvgIpc) is 3.25. The molecule has 1 atom stereocenters. The molecule has 31 heavy (non-hydrogen) atoms. The van der Waals surface area contributed by atoms with E-state index in [0.717, 1.165) is 29.7 Å². The van der Waals surface area contributed by atoms with Crippen LogP contribution in [0.4, 0.5) is 11.6 Å². The average molecular weight is 425 g/mol. The van der Waals surface area contributed by atoms with Crippen LogP contribution in [0.25, 0.3) is 11.0 Å². The maximum atomic E-state index is 13.0. The number of aromatic nitrogens is 4. The van der Waals surface area contributed by atoms with E-state index >= 15 is 0 Å². The third-order valence-electron chi connectivity index (χ3n) is 5.57. The van der Waals surface area contributed by atoms with Crippen molar-refractivity contribution in [3.05, 3.63) is 35.2 Å². The number of anilines is 2. The SMILES string of the molecule is CCn1nc(C)cc1C(=O)Nc1nc2cc(C=O)cc3c2n1CC(C)CN3CCOC. The monoisotopic (exact) mass is 424 g/mol. The van der Waals surface area contributed by atoms with Crippen LogP contribution in [0.5, 0.6) is 0 Å². The van der Waals surface area contributed by atoms with Crippen LogP contribution in [0.2, 0.25) is 0 Å². The van der Waals surface area contributed by atoms with Gasteiger partial charge in [0.15, 0.2) is 0 Å². The molecule has 1 amide bonds. The maximum absolute atomic E-state index is 13.0. The zero-order valence-electron chi connectivity index (χ0n) is 18.4. The van der Waals surface area contributed by atoms with Gasteiger partial charge in [0.1, 0.15) is 12.0 Å². The minimum atomic E-state index is -0.251. The highest BCUT2D eigenvalue weighted by Crippen LogP contribution is 2.35. The standard InChI is InChI=1S/C22H28N6O3/c1-5-28-19(8-15(3)25-28)21(30)24-22-23-17-9-16(13-29)10-18-20(17)27(22)12-14(2)11-26(18)6-7-31-4/h8-10,13-14H,5-7,11-12H2,1-4H3,(H,23,24,30). The smallest absolute Gasteiger partial charge is 0.276 e. The summed E-state index contributed by atoms with van der Waals surface area (Å²) < 4.78 is 9.02. The fraction of sp³-hybridized carbons (Fsp3) is 0.455. The van der Waals surface area contributed by atoms with Gasteiger partial charge < -0.3 is 14.2 Å². The summed E-state index contributed by atoms with van der Waals surface area (Å²) in [7, 11) is 1.68. The van der Waals surface area contributed by atoms with Gasteiger partial charge in [-0.3, -0.25) is 19.6 Å². The van der Waals surface area contributed by atoms with E-state index in [0.29, 0.717) is 54.9 Å². The van der Waals surface area contributed by atoms with Crippen molar-refractivity contribution in [1.29, 1.82) is 0 Å². The van der Waals surface area contributed by atoms with Gasteiger partial charge in [0.05, 0.1) is 29.0 Å². The summed E-state index contributed by atoms with van der Waals surface area (Å²) in [6.45, 7) is 9.39. The lowest BCUT2D eigenvalue weighted by molar-refractivity contribution is 0.101. The van der Waals surface area contributed by atoms with E-state index in [1.807, 2.05) is 24.5 Å². The Kier molecular flexibility index (Phi) is 5.77. The number of hydrogen-bond acceptors (Lipinski definition) is 6. The number of ether oxygens (including phenoxy) is 1. The van der Waals surface area contributed by atoms with Gasteiger partial charge >= 0.3 is 0 Å². The van der Waals surface area contributed by atoms with Crippen molar-refractivity contribution >= 4 is 34.9 Å². The minimum Gasteiger partial charge on any atom is -0.383 e. The lowest BCUT2D eigenvalue weighted by Crippen LogP contribution is -2.31. The van der Waals surface area contributed by atoms with E-state index in [-0.39, 0.29) is 5.91 Å². The van der Waals surface area contributed by atoms with Crippen LogP contribution in [0.15, 0.2) is 18.2 Å². The molecule has 1 aliphatic heterocycles. The number of rotatable bonds is 7. The summed E-state index contributed by atoms with van der Waals surface area (Å²) >= 11 is 0. The zero-order valence-corrected chi connectivity index (χ0v) is 18.4. The molecule has 3 aromatic rings. The largest absolute Gasteiger partial charge is 0.383 e. The van der Waals surface area contributed by atoms with Gasteiger partial charge in [-0.05, 0) is 38.0 Å². The lowest BCUT2D eigenvalue weighted by Gasteiger charge is -2.25. The van der Waals surface area contributed by atoms with E-state index in [1.165, 1.54) is 0 Å². The first-order valence-electron chi connectivity index (χ1n) is 10.5. The van der Waals surface area contributed by atoms with Crippen molar-refractivity contribution in [3.63, 3.8) is 0 Å². The molecule has 0 radical (unpaired) electrons. The molecule has 1 N–H and O–H groups in total. The van der Waals surface area contributed by atoms with Gasteiger partial charge in [0.25, 0.3) is 5.91 Å². The van der Waals surface area contributed by atoms with Gasteiger partial charge in [-0.15, -0.1) is 0 Å². The first-order valence-corrected chi connectivity index (χ1v) is 10.5. The van der Waals surface area contributed by atoms with E-state index in [1.54, 1.807) is 23.9 Å². The van der Waals surface area contributed by atoms with Crippen molar-refractivity contribution in [2.75, 3.05) is 37.0 Å². The molecule has 4 rings (SSSR count). The van der Waals surface area contributed by atoms with Crippen molar-refractivity contribution < 1.29 is 14.3 Å². The highest BCUT2D eigenvalue weighted by atomic mass is 16.5. The number of aryl methyl sites for hydroxylation is 2. The van der Waals surface area contributed by atoms with Crippen molar-refractivity contribution in [3.8, 4) is 0 Å². The Bertz CT molecular complexity index is 1130. The molecule has 9 heteroatoms. The number of methoxy groups -OCH3 is 1. The Labute approximate surface area is 181 Å². The van der Waals surface area contributed by atoms with Crippen LogP contribution in [0, 0.1) is 12.8 Å². The molecule has 9 nitrogen and oxygen atoms in total. The third-order valence-corrected chi connectivity index (χ3v) is 5.57. The van der Waals surface area contributed by atoms with Crippen molar-refractivity contribution in [1.82, 2.24) is 19.3 Å². The summed E-state index contributed by atoms with van der Waals surface area (Å²) in [5.41, 5.74) is 4.38. The fourth-order valence-corrected chi connectivity index (χ4v) is 4.24. The Morgan fingerprint density at radius 1 is 1.32 bits per heavy atom. The summed E-state index contributed by atoms with van der Waals surface area (Å²) in [6.07, 6.45) is 0.832. The second-order valence-electron chi connectivity index (χ2n) is 8.06. The molecule has 3 heterocycles. The quantitative estimate of drug-likeness (QED) is 0.586. The Morgan fingerprint density at radius 3 is 2.84 bits per heavy atom. The van der Waals surface area contributed by atoms with Crippen LogP contribution in [0.1, 0.15) is 40.4 Å². The van der Waals surface area contributed by atoms with Gasteiger partial charge in [-0.25, -0.2) is 4.98 Å². The van der Waals surface area contributed by atoms with E-state index in [4.69, 9.17) is 9.72 Å². The maximum Gasteiger partial charge on any atom is 0.276 e. The van der Waals surface area contributed by atoms with Gasteiger partial charge in [-0.2, -0.15) is 5.10 Å². The zero-order chi connectivity index (χ0) is 22.1. The van der Waals surface area contributed by atoms with Crippen LogP contribution in [-0.2, 0) is 17.8 Å². The predicted molar refractivity (Wildman–Crippen MR) is 119 cm³/mol. The topological polar surface area (TPSA) is 94.3 Å². The number of nitrogens with one attached hydrogen (secondary N) is 1. The molecule has 2 aromatic heterocycles. The number of carbonyl (C=O) groups excluding carboxylic acids is 2. The summed E-state index contributed by atoms with van der Waals surface area (Å²) in [4.78, 5) is 31.5. The molecule has 0 fully saturated rings. The molecule has 0 spiro atoms. The van der Waals surface area contributed by atoms with Crippen molar-refractivity contribution in [2.24, 2.45) is 5.92 Å². The number of nitrogens with zero attached hydrogens (tertiary/aromatic N) is 5. The Balaban J connectivity index is 1.80. The third kappa shape index (κ3) is 3.93. The van der Waals surface area contributed by atoms with E-state index < -0.39 is 0 Å². The number of imidazole rings is 1. The number of amides is 1. The van der Waals surface area contributed by atoms with E-state index in [9.17, 15) is 9.59 Å². The number of benzene rings is 1. The molecule has 0 saturated heterocycles. The first-order chi connectivity index (χ1) is 14.9. The molecular formula is C22H28N6O3. The number of aldehydes is 1. The van der Waals surface area contributed by atoms with Crippen LogP contribution >= 0.6 is 0 Å². The second kappa shape index (κ2) is 8.50. The Morgan fingerprint density at radius 2 is 2.13 bits per heavy atom. The molecule has 1 aliphatic rings. The predicted octanol–water partition coefficient (Wildman–Crippen LogP) is 2.73. The molecular weight excluding hydrogens is 396 g/mol. The van der Waals surface area contributed by atoms with Crippen LogP contribution in [0.3, 0.4) is 0 Å². The molecule has 164 valence electrons. The van der Waals surface area contributed by atoms with Gasteiger partial charge in [0, 0.05) is 38.9 Å². The number of carbonyl (C=O) groups is 2. The van der Waals surface area contributed by atoms with Gasteiger partial charge in [-0.1, -0.05) is 6.92 Å². The molecule has 1 unspecified atom stereocenters. The summed E-state index contributed by atoms with van der Waals surface area (Å²) in [5, 5.41) is 7.34. The highest BCUT2D eigenvalue weighted by molar-refractivity contribution is 6.04. The molecule has 0 aliphatic carbocycles. The Hall–Kier alpha value is -3.20. The summed E-state index contributed by atoms with van der Waals surface area (Å²) in [5.74, 6) is 0.533. The normalized spacial score (nSPS) is 15.9. The van der Waals surface area contributed by atoms with Crippen molar-refractivity contribution in [2.45, 2.75) is 33.9 Å². The number of hydrogen-bond donors (Lipinski definition) is 1.